The molecule has 0 saturated heterocycles. The Kier molecular flexibility index (Phi) is 5.09. The summed E-state index contributed by atoms with van der Waals surface area (Å²) in [6, 6.07) is 6.60. The van der Waals surface area contributed by atoms with Gasteiger partial charge in [0.25, 0.3) is 5.91 Å². The normalized spacial score (nSPS) is 12.0. The lowest BCUT2D eigenvalue weighted by Crippen LogP contribution is -2.51. The summed E-state index contributed by atoms with van der Waals surface area (Å²) in [5, 5.41) is 2.68. The molecule has 1 aromatic carbocycles. The minimum atomic E-state index is -3.33. The summed E-state index contributed by atoms with van der Waals surface area (Å²) < 4.78 is 24.8. The van der Waals surface area contributed by atoms with Crippen LogP contribution in [0.2, 0.25) is 0 Å². The van der Waals surface area contributed by atoms with E-state index >= 15 is 0 Å². The summed E-state index contributed by atoms with van der Waals surface area (Å²) in [6.07, 6.45) is 1.08. The molecule has 20 heavy (non-hydrogen) atoms. The SMILES string of the molecule is CC(C)(CNC(=O)c1ccc(NN)cc1)NS(C)(=O)=O. The summed E-state index contributed by atoms with van der Waals surface area (Å²) in [4.78, 5) is 11.9. The van der Waals surface area contributed by atoms with Crippen LogP contribution in [0.25, 0.3) is 0 Å². The van der Waals surface area contributed by atoms with E-state index in [0.29, 0.717) is 11.3 Å². The third-order valence-electron chi connectivity index (χ3n) is 2.47. The van der Waals surface area contributed by atoms with E-state index in [2.05, 4.69) is 15.5 Å². The van der Waals surface area contributed by atoms with Crippen molar-refractivity contribution in [1.29, 1.82) is 0 Å². The molecule has 8 heteroatoms. The van der Waals surface area contributed by atoms with Gasteiger partial charge in [-0.25, -0.2) is 13.1 Å². The molecule has 0 aromatic heterocycles. The van der Waals surface area contributed by atoms with Gasteiger partial charge >= 0.3 is 0 Å². The Hall–Kier alpha value is -1.64. The van der Waals surface area contributed by atoms with Gasteiger partial charge in [-0.1, -0.05) is 0 Å². The number of anilines is 1. The zero-order valence-corrected chi connectivity index (χ0v) is 12.5. The Labute approximate surface area is 119 Å². The minimum Gasteiger partial charge on any atom is -0.350 e. The van der Waals surface area contributed by atoms with Gasteiger partial charge in [-0.15, -0.1) is 0 Å². The van der Waals surface area contributed by atoms with Crippen LogP contribution in [0, 0.1) is 0 Å². The van der Waals surface area contributed by atoms with Crippen molar-refractivity contribution in [3.8, 4) is 0 Å². The number of hydrogen-bond donors (Lipinski definition) is 4. The van der Waals surface area contributed by atoms with Crippen LogP contribution in [-0.2, 0) is 10.0 Å². The number of carbonyl (C=O) groups excluding carboxylic acids is 1. The minimum absolute atomic E-state index is 0.176. The second-order valence-electron chi connectivity index (χ2n) is 5.16. The van der Waals surface area contributed by atoms with Crippen LogP contribution in [0.1, 0.15) is 24.2 Å². The fourth-order valence-electron chi connectivity index (χ4n) is 1.66. The smallest absolute Gasteiger partial charge is 0.251 e. The summed E-state index contributed by atoms with van der Waals surface area (Å²) >= 11 is 0. The molecular formula is C12H20N4O3S. The maximum Gasteiger partial charge on any atom is 0.251 e. The summed E-state index contributed by atoms with van der Waals surface area (Å²) in [5.74, 6) is 4.95. The van der Waals surface area contributed by atoms with Crippen LogP contribution in [0.15, 0.2) is 24.3 Å². The van der Waals surface area contributed by atoms with Crippen molar-refractivity contribution in [2.24, 2.45) is 5.84 Å². The van der Waals surface area contributed by atoms with Crippen molar-refractivity contribution in [3.63, 3.8) is 0 Å². The van der Waals surface area contributed by atoms with Gasteiger partial charge in [0.1, 0.15) is 0 Å². The van der Waals surface area contributed by atoms with E-state index in [4.69, 9.17) is 5.84 Å². The Morgan fingerprint density at radius 1 is 1.25 bits per heavy atom. The number of sulfonamides is 1. The second-order valence-corrected chi connectivity index (χ2v) is 6.91. The number of hydrazine groups is 1. The number of nitrogen functional groups attached to an aromatic ring is 1. The number of nitrogens with two attached hydrogens (primary N) is 1. The first-order valence-corrected chi connectivity index (χ1v) is 7.86. The van der Waals surface area contributed by atoms with Crippen LogP contribution < -0.4 is 21.3 Å². The number of amides is 1. The quantitative estimate of drug-likeness (QED) is 0.437. The van der Waals surface area contributed by atoms with Crippen molar-refractivity contribution < 1.29 is 13.2 Å². The number of hydrogen-bond acceptors (Lipinski definition) is 5. The zero-order chi connectivity index (χ0) is 15.4. The van der Waals surface area contributed by atoms with E-state index in [9.17, 15) is 13.2 Å². The molecular weight excluding hydrogens is 280 g/mol. The maximum atomic E-state index is 11.9. The van der Waals surface area contributed by atoms with Crippen molar-refractivity contribution in [1.82, 2.24) is 10.0 Å². The van der Waals surface area contributed by atoms with Gasteiger partial charge in [0.2, 0.25) is 10.0 Å². The molecule has 0 aliphatic heterocycles. The van der Waals surface area contributed by atoms with E-state index in [1.807, 2.05) is 0 Å². The highest BCUT2D eigenvalue weighted by Crippen LogP contribution is 2.08. The van der Waals surface area contributed by atoms with Gasteiger partial charge in [-0.05, 0) is 38.1 Å². The van der Waals surface area contributed by atoms with Crippen LogP contribution in [0.3, 0.4) is 0 Å². The lowest BCUT2D eigenvalue weighted by molar-refractivity contribution is 0.0944. The predicted molar refractivity (Wildman–Crippen MR) is 78.6 cm³/mol. The largest absolute Gasteiger partial charge is 0.350 e. The molecule has 0 aliphatic rings. The Bertz CT molecular complexity index is 567. The zero-order valence-electron chi connectivity index (χ0n) is 11.7. The monoisotopic (exact) mass is 300 g/mol. The Morgan fingerprint density at radius 3 is 2.25 bits per heavy atom. The average Bonchev–Trinajstić information content (AvgIpc) is 2.33. The second kappa shape index (κ2) is 6.21. The molecule has 1 aromatic rings. The first kappa shape index (κ1) is 16.4. The number of benzene rings is 1. The molecule has 0 heterocycles. The Morgan fingerprint density at radius 2 is 1.80 bits per heavy atom. The molecule has 0 fully saturated rings. The van der Waals surface area contributed by atoms with Crippen molar-refractivity contribution >= 4 is 21.6 Å². The average molecular weight is 300 g/mol. The first-order valence-electron chi connectivity index (χ1n) is 5.97. The molecule has 112 valence electrons. The lowest BCUT2D eigenvalue weighted by Gasteiger charge is -2.25. The highest BCUT2D eigenvalue weighted by atomic mass is 32.2. The molecule has 0 aliphatic carbocycles. The summed E-state index contributed by atoms with van der Waals surface area (Å²) in [6.45, 7) is 3.56. The lowest BCUT2D eigenvalue weighted by atomic mass is 10.1. The Balaban J connectivity index is 2.62. The van der Waals surface area contributed by atoms with Gasteiger partial charge in [0, 0.05) is 23.3 Å². The van der Waals surface area contributed by atoms with Gasteiger partial charge in [0.15, 0.2) is 0 Å². The highest BCUT2D eigenvalue weighted by Gasteiger charge is 2.22. The molecule has 1 rings (SSSR count). The van der Waals surface area contributed by atoms with Crippen molar-refractivity contribution in [2.75, 3.05) is 18.2 Å². The van der Waals surface area contributed by atoms with Gasteiger partial charge in [0.05, 0.1) is 6.26 Å². The van der Waals surface area contributed by atoms with Gasteiger partial charge in [-0.2, -0.15) is 0 Å². The highest BCUT2D eigenvalue weighted by molar-refractivity contribution is 7.88. The molecule has 0 bridgehead atoms. The van der Waals surface area contributed by atoms with Crippen LogP contribution in [0.5, 0.6) is 0 Å². The molecule has 7 nitrogen and oxygen atoms in total. The van der Waals surface area contributed by atoms with E-state index in [0.717, 1.165) is 6.26 Å². The van der Waals surface area contributed by atoms with Gasteiger partial charge in [-0.3, -0.25) is 10.6 Å². The molecule has 0 spiro atoms. The van der Waals surface area contributed by atoms with E-state index in [1.165, 1.54) is 0 Å². The predicted octanol–water partition coefficient (Wildman–Crippen LogP) is 0.0298. The third kappa shape index (κ3) is 5.55. The first-order chi connectivity index (χ1) is 9.13. The molecule has 0 saturated carbocycles. The van der Waals surface area contributed by atoms with E-state index in [1.54, 1.807) is 38.1 Å². The topological polar surface area (TPSA) is 113 Å². The van der Waals surface area contributed by atoms with E-state index < -0.39 is 15.6 Å². The van der Waals surface area contributed by atoms with Crippen LogP contribution in [-0.4, -0.2) is 32.7 Å². The molecule has 0 unspecified atom stereocenters. The van der Waals surface area contributed by atoms with Crippen molar-refractivity contribution in [2.45, 2.75) is 19.4 Å². The molecule has 0 radical (unpaired) electrons. The fourth-order valence-corrected chi connectivity index (χ4v) is 2.74. The standard InChI is InChI=1S/C12H20N4O3S/c1-12(2,16-20(3,18)19)8-14-11(17)9-4-6-10(15-13)7-5-9/h4-7,15-16H,8,13H2,1-3H3,(H,14,17). The van der Waals surface area contributed by atoms with E-state index in [-0.39, 0.29) is 12.5 Å². The molecule has 5 N–H and O–H groups in total. The van der Waals surface area contributed by atoms with Gasteiger partial charge < -0.3 is 10.7 Å². The number of nitrogens with one attached hydrogen (secondary N) is 3. The summed E-state index contributed by atoms with van der Waals surface area (Å²) in [7, 11) is -3.33. The van der Waals surface area contributed by atoms with Crippen LogP contribution >= 0.6 is 0 Å². The summed E-state index contributed by atoms with van der Waals surface area (Å²) in [5.41, 5.74) is 2.87. The van der Waals surface area contributed by atoms with Crippen molar-refractivity contribution in [3.05, 3.63) is 29.8 Å². The number of rotatable bonds is 6. The van der Waals surface area contributed by atoms with Crippen LogP contribution in [0.4, 0.5) is 5.69 Å². The fraction of sp³-hybridized carbons (Fsp3) is 0.417. The molecule has 0 atom stereocenters. The molecule has 1 amide bonds. The third-order valence-corrected chi connectivity index (χ3v) is 3.39. The number of carbonyl (C=O) groups is 1. The maximum absolute atomic E-state index is 11.9.